The van der Waals surface area contributed by atoms with Crippen LogP contribution in [0.5, 0.6) is 5.75 Å². The maximum Gasteiger partial charge on any atom is 0.276 e. The third-order valence-electron chi connectivity index (χ3n) is 4.49. The minimum atomic E-state index is -0.0899. The fourth-order valence-corrected chi connectivity index (χ4v) is 3.16. The van der Waals surface area contributed by atoms with Gasteiger partial charge in [0.15, 0.2) is 5.69 Å². The molecule has 0 N–H and O–H groups in total. The van der Waals surface area contributed by atoms with E-state index in [2.05, 4.69) is 19.0 Å². The molecular weight excluding hydrogens is 316 g/mol. The van der Waals surface area contributed by atoms with E-state index in [4.69, 9.17) is 9.26 Å². The number of amides is 1. The Balaban J connectivity index is 1.81. The molecule has 2 heterocycles. The lowest BCUT2D eigenvalue weighted by atomic mass is 10.1. The van der Waals surface area contributed by atoms with Crippen LogP contribution < -0.4 is 4.74 Å². The van der Waals surface area contributed by atoms with Crippen LogP contribution in [0.25, 0.3) is 0 Å². The number of hydrogen-bond acceptors (Lipinski definition) is 4. The number of rotatable bonds is 6. The topological polar surface area (TPSA) is 55.6 Å². The average molecular weight is 342 g/mol. The van der Waals surface area contributed by atoms with Crippen molar-refractivity contribution < 1.29 is 14.1 Å². The van der Waals surface area contributed by atoms with E-state index in [0.29, 0.717) is 18.8 Å². The van der Waals surface area contributed by atoms with Crippen LogP contribution in [0.4, 0.5) is 0 Å². The first-order valence-electron chi connectivity index (χ1n) is 9.20. The van der Waals surface area contributed by atoms with Gasteiger partial charge in [-0.25, -0.2) is 0 Å². The Labute approximate surface area is 148 Å². The lowest BCUT2D eigenvalue weighted by molar-refractivity contribution is 0.0657. The largest absolute Gasteiger partial charge is 0.488 e. The fraction of sp³-hybridized carbons (Fsp3) is 0.500. The molecule has 0 spiro atoms. The predicted molar refractivity (Wildman–Crippen MR) is 95.6 cm³/mol. The van der Waals surface area contributed by atoms with E-state index >= 15 is 0 Å². The number of carbonyl (C=O) groups excluding carboxylic acids is 1. The third kappa shape index (κ3) is 4.21. The van der Waals surface area contributed by atoms with Crippen molar-refractivity contribution in [1.82, 2.24) is 10.1 Å². The molecule has 0 saturated carbocycles. The molecule has 134 valence electrons. The van der Waals surface area contributed by atoms with Crippen LogP contribution in [0, 0.1) is 0 Å². The summed E-state index contributed by atoms with van der Waals surface area (Å²) in [7, 11) is 0. The van der Waals surface area contributed by atoms with E-state index < -0.39 is 0 Å². The molecule has 1 unspecified atom stereocenters. The van der Waals surface area contributed by atoms with E-state index in [0.717, 1.165) is 49.2 Å². The molecule has 5 nitrogen and oxygen atoms in total. The number of aromatic nitrogens is 1. The molecule has 1 amide bonds. The summed E-state index contributed by atoms with van der Waals surface area (Å²) in [6.45, 7) is 5.35. The van der Waals surface area contributed by atoms with Crippen molar-refractivity contribution >= 4 is 5.91 Å². The van der Waals surface area contributed by atoms with Gasteiger partial charge in [0.1, 0.15) is 17.6 Å². The second-order valence-electron chi connectivity index (χ2n) is 6.60. The van der Waals surface area contributed by atoms with E-state index in [-0.39, 0.29) is 12.0 Å². The van der Waals surface area contributed by atoms with Gasteiger partial charge < -0.3 is 14.2 Å². The first-order chi connectivity index (χ1) is 12.2. The molecule has 1 aliphatic rings. The van der Waals surface area contributed by atoms with Gasteiger partial charge in [-0.2, -0.15) is 0 Å². The Hall–Kier alpha value is -2.30. The molecule has 0 radical (unpaired) electrons. The highest BCUT2D eigenvalue weighted by molar-refractivity contribution is 5.92. The Morgan fingerprint density at radius 1 is 1.28 bits per heavy atom. The molecular formula is C20H26N2O3. The van der Waals surface area contributed by atoms with Gasteiger partial charge in [0.25, 0.3) is 5.91 Å². The normalized spacial score (nSPS) is 16.9. The van der Waals surface area contributed by atoms with Gasteiger partial charge in [-0.15, -0.1) is 0 Å². The van der Waals surface area contributed by atoms with Crippen LogP contribution in [-0.4, -0.2) is 28.6 Å². The quantitative estimate of drug-likeness (QED) is 0.789. The molecule has 0 bridgehead atoms. The third-order valence-corrected chi connectivity index (χ3v) is 4.49. The number of para-hydroxylation sites is 1. The van der Waals surface area contributed by atoms with Gasteiger partial charge in [0, 0.05) is 24.6 Å². The first-order valence-corrected chi connectivity index (χ1v) is 9.20. The zero-order valence-electron chi connectivity index (χ0n) is 15.0. The summed E-state index contributed by atoms with van der Waals surface area (Å²) in [6, 6.07) is 9.72. The summed E-state index contributed by atoms with van der Waals surface area (Å²) in [5.41, 5.74) is 1.42. The van der Waals surface area contributed by atoms with Crippen molar-refractivity contribution in [2.24, 2.45) is 0 Å². The van der Waals surface area contributed by atoms with Crippen molar-refractivity contribution in [3.05, 3.63) is 47.3 Å². The molecule has 3 rings (SSSR count). The molecule has 2 aromatic rings. The second kappa shape index (κ2) is 8.19. The summed E-state index contributed by atoms with van der Waals surface area (Å²) >= 11 is 0. The van der Waals surface area contributed by atoms with Crippen LogP contribution in [-0.2, 0) is 13.0 Å². The molecule has 5 heteroatoms. The summed E-state index contributed by atoms with van der Waals surface area (Å²) in [4.78, 5) is 14.8. The summed E-state index contributed by atoms with van der Waals surface area (Å²) in [5, 5.41) is 3.98. The smallest absolute Gasteiger partial charge is 0.276 e. The molecule has 1 aromatic carbocycles. The number of carbonyl (C=O) groups is 1. The lowest BCUT2D eigenvalue weighted by Gasteiger charge is -2.23. The zero-order chi connectivity index (χ0) is 17.6. The van der Waals surface area contributed by atoms with E-state index in [1.807, 2.05) is 29.2 Å². The molecule has 0 fully saturated rings. The number of ether oxygens (including phenoxy) is 1. The number of nitrogens with zero attached hydrogens (tertiary/aromatic N) is 2. The van der Waals surface area contributed by atoms with Crippen LogP contribution in [0.15, 0.2) is 34.9 Å². The maximum atomic E-state index is 12.9. The second-order valence-corrected chi connectivity index (χ2v) is 6.60. The number of fused-ring (bicyclic) bond motifs is 1. The molecule has 0 aliphatic carbocycles. The zero-order valence-corrected chi connectivity index (χ0v) is 15.0. The van der Waals surface area contributed by atoms with Crippen LogP contribution >= 0.6 is 0 Å². The van der Waals surface area contributed by atoms with Gasteiger partial charge >= 0.3 is 0 Å². The molecule has 1 atom stereocenters. The summed E-state index contributed by atoms with van der Waals surface area (Å²) < 4.78 is 11.5. The molecule has 1 aromatic heterocycles. The first kappa shape index (κ1) is 17.5. The van der Waals surface area contributed by atoms with Gasteiger partial charge in [-0.05, 0) is 25.3 Å². The van der Waals surface area contributed by atoms with Crippen molar-refractivity contribution in [3.63, 3.8) is 0 Å². The van der Waals surface area contributed by atoms with Crippen LogP contribution in [0.1, 0.15) is 61.3 Å². The van der Waals surface area contributed by atoms with Crippen molar-refractivity contribution in [2.75, 3.05) is 6.54 Å². The fourth-order valence-electron chi connectivity index (χ4n) is 3.16. The summed E-state index contributed by atoms with van der Waals surface area (Å²) in [6.07, 6.45) is 4.90. The van der Waals surface area contributed by atoms with Gasteiger partial charge in [0.2, 0.25) is 0 Å². The lowest BCUT2D eigenvalue weighted by Crippen LogP contribution is -2.37. The SMILES string of the molecule is CCCCC1CN(C(=O)c2cc(CCC)on2)Cc2ccccc2O1. The van der Waals surface area contributed by atoms with Crippen LogP contribution in [0.2, 0.25) is 0 Å². The predicted octanol–water partition coefficient (Wildman–Crippen LogP) is 4.22. The molecule has 25 heavy (non-hydrogen) atoms. The number of hydrogen-bond donors (Lipinski definition) is 0. The van der Waals surface area contributed by atoms with Crippen LogP contribution in [0.3, 0.4) is 0 Å². The highest BCUT2D eigenvalue weighted by Crippen LogP contribution is 2.27. The van der Waals surface area contributed by atoms with Crippen molar-refractivity contribution in [1.29, 1.82) is 0 Å². The Kier molecular flexibility index (Phi) is 5.74. The Morgan fingerprint density at radius 3 is 2.92 bits per heavy atom. The Bertz CT molecular complexity index is 710. The van der Waals surface area contributed by atoms with Gasteiger partial charge in [-0.1, -0.05) is 43.6 Å². The van der Waals surface area contributed by atoms with Gasteiger partial charge in [0.05, 0.1) is 6.54 Å². The highest BCUT2D eigenvalue weighted by Gasteiger charge is 2.28. The summed E-state index contributed by atoms with van der Waals surface area (Å²) in [5.74, 6) is 1.55. The van der Waals surface area contributed by atoms with E-state index in [1.54, 1.807) is 6.07 Å². The van der Waals surface area contributed by atoms with E-state index in [9.17, 15) is 4.79 Å². The number of aryl methyl sites for hydroxylation is 1. The van der Waals surface area contributed by atoms with E-state index in [1.165, 1.54) is 0 Å². The average Bonchev–Trinajstić information content (AvgIpc) is 3.00. The van der Waals surface area contributed by atoms with Crippen molar-refractivity contribution in [3.8, 4) is 5.75 Å². The maximum absolute atomic E-state index is 12.9. The van der Waals surface area contributed by atoms with Crippen molar-refractivity contribution in [2.45, 2.75) is 58.6 Å². The Morgan fingerprint density at radius 2 is 2.12 bits per heavy atom. The number of unbranched alkanes of at least 4 members (excludes halogenated alkanes) is 1. The highest BCUT2D eigenvalue weighted by atomic mass is 16.5. The minimum Gasteiger partial charge on any atom is -0.488 e. The standard InChI is InChI=1S/C20H26N2O3/c1-3-5-10-17-14-22(13-15-9-6-7-11-19(15)24-17)20(23)18-12-16(8-4-2)25-21-18/h6-7,9,11-12,17H,3-5,8,10,13-14H2,1-2H3. The number of benzene rings is 1. The molecule has 1 aliphatic heterocycles. The van der Waals surface area contributed by atoms with Gasteiger partial charge in [-0.3, -0.25) is 4.79 Å². The minimum absolute atomic E-state index is 0.00885. The molecule has 0 saturated heterocycles. The monoisotopic (exact) mass is 342 g/mol.